The molecule has 0 amide bonds. The lowest BCUT2D eigenvalue weighted by atomic mass is 10.2. The fourth-order valence-electron chi connectivity index (χ4n) is 1.46. The van der Waals surface area contributed by atoms with Crippen LogP contribution in [-0.2, 0) is 5.75 Å². The van der Waals surface area contributed by atoms with E-state index in [4.69, 9.17) is 10.2 Å². The number of benzene rings is 1. The second kappa shape index (κ2) is 4.19. The van der Waals surface area contributed by atoms with Gasteiger partial charge in [-0.3, -0.25) is 0 Å². The van der Waals surface area contributed by atoms with Gasteiger partial charge in [0.1, 0.15) is 11.3 Å². The van der Waals surface area contributed by atoms with Gasteiger partial charge >= 0.3 is 0 Å². The highest BCUT2D eigenvalue weighted by atomic mass is 32.2. The molecule has 0 saturated carbocycles. The first-order chi connectivity index (χ1) is 7.16. The molecule has 80 valence electrons. The lowest BCUT2D eigenvalue weighted by molar-refractivity contribution is 0.574. The summed E-state index contributed by atoms with van der Waals surface area (Å²) in [7, 11) is 0. The van der Waals surface area contributed by atoms with Crippen LogP contribution in [-0.4, -0.2) is 5.25 Å². The molecular formula is C12H15NOS. The molecule has 0 aliphatic rings. The van der Waals surface area contributed by atoms with Gasteiger partial charge in [-0.05, 0) is 23.4 Å². The van der Waals surface area contributed by atoms with Gasteiger partial charge in [0.05, 0.1) is 5.75 Å². The number of hydrogen-bond acceptors (Lipinski definition) is 3. The van der Waals surface area contributed by atoms with E-state index in [1.165, 1.54) is 0 Å². The molecule has 0 spiro atoms. The summed E-state index contributed by atoms with van der Waals surface area (Å²) in [5, 5.41) is 1.65. The maximum Gasteiger partial charge on any atom is 0.136 e. The third-order valence-electron chi connectivity index (χ3n) is 2.21. The number of furan rings is 1. The Kier molecular flexibility index (Phi) is 2.91. The van der Waals surface area contributed by atoms with Crippen molar-refractivity contribution in [1.82, 2.24) is 0 Å². The molecule has 0 atom stereocenters. The van der Waals surface area contributed by atoms with Crippen LogP contribution in [0.4, 0.5) is 5.69 Å². The fraction of sp³-hybridized carbons (Fsp3) is 0.333. The SMILES string of the molecule is CC(C)SCc1cc2c(N)cccc2o1. The van der Waals surface area contributed by atoms with E-state index in [2.05, 4.69) is 13.8 Å². The second-order valence-electron chi connectivity index (χ2n) is 3.83. The Labute approximate surface area is 93.8 Å². The van der Waals surface area contributed by atoms with Crippen molar-refractivity contribution in [3.8, 4) is 0 Å². The summed E-state index contributed by atoms with van der Waals surface area (Å²) in [6, 6.07) is 7.81. The molecule has 0 bridgehead atoms. The number of fused-ring (bicyclic) bond motifs is 1. The van der Waals surface area contributed by atoms with Crippen molar-refractivity contribution in [2.24, 2.45) is 0 Å². The highest BCUT2D eigenvalue weighted by molar-refractivity contribution is 7.99. The number of hydrogen-bond donors (Lipinski definition) is 1. The molecular weight excluding hydrogens is 206 g/mol. The first-order valence-electron chi connectivity index (χ1n) is 5.05. The second-order valence-corrected chi connectivity index (χ2v) is 5.40. The number of nitrogens with two attached hydrogens (primary N) is 1. The fourth-order valence-corrected chi connectivity index (χ4v) is 2.10. The minimum Gasteiger partial charge on any atom is -0.460 e. The van der Waals surface area contributed by atoms with Crippen molar-refractivity contribution >= 4 is 28.4 Å². The predicted molar refractivity (Wildman–Crippen MR) is 67.1 cm³/mol. The summed E-state index contributed by atoms with van der Waals surface area (Å²) in [5.41, 5.74) is 7.53. The Morgan fingerprint density at radius 1 is 1.40 bits per heavy atom. The summed E-state index contributed by atoms with van der Waals surface area (Å²) in [5.74, 6) is 1.91. The molecule has 3 heteroatoms. The molecule has 0 unspecified atom stereocenters. The van der Waals surface area contributed by atoms with E-state index < -0.39 is 0 Å². The van der Waals surface area contributed by atoms with E-state index in [9.17, 15) is 0 Å². The largest absolute Gasteiger partial charge is 0.460 e. The van der Waals surface area contributed by atoms with Gasteiger partial charge in [-0.25, -0.2) is 0 Å². The van der Waals surface area contributed by atoms with Gasteiger partial charge in [-0.2, -0.15) is 11.8 Å². The van der Waals surface area contributed by atoms with E-state index in [1.54, 1.807) is 0 Å². The van der Waals surface area contributed by atoms with E-state index in [-0.39, 0.29) is 0 Å². The van der Waals surface area contributed by atoms with Crippen LogP contribution >= 0.6 is 11.8 Å². The van der Waals surface area contributed by atoms with Crippen LogP contribution in [0.3, 0.4) is 0 Å². The summed E-state index contributed by atoms with van der Waals surface area (Å²) < 4.78 is 5.70. The van der Waals surface area contributed by atoms with Crippen molar-refractivity contribution < 1.29 is 4.42 Å². The standard InChI is InChI=1S/C12H15NOS/c1-8(2)15-7-9-6-10-11(13)4-3-5-12(10)14-9/h3-6,8H,7,13H2,1-2H3. The molecule has 1 aromatic heterocycles. The average Bonchev–Trinajstić information content (AvgIpc) is 2.59. The zero-order valence-electron chi connectivity index (χ0n) is 8.99. The summed E-state index contributed by atoms with van der Waals surface area (Å²) >= 11 is 1.87. The Hall–Kier alpha value is -1.09. The number of rotatable bonds is 3. The molecule has 1 aromatic carbocycles. The van der Waals surface area contributed by atoms with E-state index in [0.717, 1.165) is 28.2 Å². The molecule has 0 aliphatic heterocycles. The Bertz CT molecular complexity index is 462. The molecule has 0 aliphatic carbocycles. The van der Waals surface area contributed by atoms with Crippen molar-refractivity contribution in [2.45, 2.75) is 24.9 Å². The molecule has 2 aromatic rings. The molecule has 0 radical (unpaired) electrons. The third kappa shape index (κ3) is 2.29. The van der Waals surface area contributed by atoms with E-state index in [0.29, 0.717) is 5.25 Å². The van der Waals surface area contributed by atoms with Crippen LogP contribution in [0.5, 0.6) is 0 Å². The smallest absolute Gasteiger partial charge is 0.136 e. The summed E-state index contributed by atoms with van der Waals surface area (Å²) in [4.78, 5) is 0. The maximum atomic E-state index is 5.86. The van der Waals surface area contributed by atoms with Crippen LogP contribution in [0.25, 0.3) is 11.0 Å². The molecule has 2 nitrogen and oxygen atoms in total. The van der Waals surface area contributed by atoms with E-state index >= 15 is 0 Å². The van der Waals surface area contributed by atoms with Crippen LogP contribution in [0.15, 0.2) is 28.7 Å². The van der Waals surface area contributed by atoms with Crippen molar-refractivity contribution in [3.63, 3.8) is 0 Å². The highest BCUT2D eigenvalue weighted by Crippen LogP contribution is 2.27. The molecule has 0 fully saturated rings. The van der Waals surface area contributed by atoms with Gasteiger partial charge in [0.2, 0.25) is 0 Å². The maximum absolute atomic E-state index is 5.86. The molecule has 1 heterocycles. The number of thioether (sulfide) groups is 1. The summed E-state index contributed by atoms with van der Waals surface area (Å²) in [6.45, 7) is 4.36. The summed E-state index contributed by atoms with van der Waals surface area (Å²) in [6.07, 6.45) is 0. The first kappa shape index (κ1) is 10.4. The number of nitrogen functional groups attached to an aromatic ring is 1. The zero-order valence-corrected chi connectivity index (χ0v) is 9.80. The Balaban J connectivity index is 2.27. The van der Waals surface area contributed by atoms with Gasteiger partial charge in [0.25, 0.3) is 0 Å². The van der Waals surface area contributed by atoms with Crippen LogP contribution in [0.2, 0.25) is 0 Å². The quantitative estimate of drug-likeness (QED) is 0.804. The van der Waals surface area contributed by atoms with Crippen molar-refractivity contribution in [3.05, 3.63) is 30.0 Å². The zero-order chi connectivity index (χ0) is 10.8. The first-order valence-corrected chi connectivity index (χ1v) is 6.10. The Morgan fingerprint density at radius 2 is 2.20 bits per heavy atom. The van der Waals surface area contributed by atoms with Gasteiger partial charge in [-0.1, -0.05) is 19.9 Å². The van der Waals surface area contributed by atoms with Crippen molar-refractivity contribution in [1.29, 1.82) is 0 Å². The van der Waals surface area contributed by atoms with Crippen LogP contribution in [0, 0.1) is 0 Å². The topological polar surface area (TPSA) is 39.2 Å². The minimum absolute atomic E-state index is 0.621. The lowest BCUT2D eigenvalue weighted by Crippen LogP contribution is -1.86. The number of anilines is 1. The van der Waals surface area contributed by atoms with Crippen LogP contribution < -0.4 is 5.73 Å². The molecule has 2 rings (SSSR count). The van der Waals surface area contributed by atoms with Crippen molar-refractivity contribution in [2.75, 3.05) is 5.73 Å². The van der Waals surface area contributed by atoms with Gasteiger partial charge in [0, 0.05) is 11.1 Å². The van der Waals surface area contributed by atoms with Gasteiger partial charge in [-0.15, -0.1) is 0 Å². The average molecular weight is 221 g/mol. The molecule has 2 N–H and O–H groups in total. The highest BCUT2D eigenvalue weighted by Gasteiger charge is 2.06. The van der Waals surface area contributed by atoms with Crippen LogP contribution in [0.1, 0.15) is 19.6 Å². The van der Waals surface area contributed by atoms with Gasteiger partial charge < -0.3 is 10.2 Å². The minimum atomic E-state index is 0.621. The predicted octanol–water partition coefficient (Wildman–Crippen LogP) is 3.66. The molecule has 15 heavy (non-hydrogen) atoms. The monoisotopic (exact) mass is 221 g/mol. The third-order valence-corrected chi connectivity index (χ3v) is 3.32. The molecule has 0 saturated heterocycles. The lowest BCUT2D eigenvalue weighted by Gasteiger charge is -2.00. The van der Waals surface area contributed by atoms with Gasteiger partial charge in [0.15, 0.2) is 0 Å². The van der Waals surface area contributed by atoms with E-state index in [1.807, 2.05) is 36.0 Å². The Morgan fingerprint density at radius 3 is 2.87 bits per heavy atom. The normalized spacial score (nSPS) is 11.4.